The predicted octanol–water partition coefficient (Wildman–Crippen LogP) is 4.33. The molecule has 2 N–H and O–H groups in total. The Morgan fingerprint density at radius 3 is 1.80 bits per heavy atom. The largest absolute Gasteiger partial charge is 0.480 e. The van der Waals surface area contributed by atoms with E-state index in [0.29, 0.717) is 12.8 Å². The molecule has 0 spiro atoms. The number of hydrogen-bond donors (Lipinski definition) is 2. The van der Waals surface area contributed by atoms with Gasteiger partial charge in [0.25, 0.3) is 0 Å². The van der Waals surface area contributed by atoms with E-state index in [4.69, 9.17) is 0 Å². The maximum atomic E-state index is 11.5. The molecule has 1 unspecified atom stereocenters. The topological polar surface area (TPSA) is 74.6 Å². The van der Waals surface area contributed by atoms with Crippen LogP contribution >= 0.6 is 0 Å². The van der Waals surface area contributed by atoms with Crippen molar-refractivity contribution in [3.8, 4) is 0 Å². The van der Waals surface area contributed by atoms with Crippen molar-refractivity contribution in [2.45, 2.75) is 78.6 Å². The van der Waals surface area contributed by atoms with E-state index in [1.807, 2.05) is 6.92 Å². The van der Waals surface area contributed by atoms with Crippen molar-refractivity contribution in [1.82, 2.24) is 0 Å². The lowest BCUT2D eigenvalue weighted by atomic mass is 9.70. The van der Waals surface area contributed by atoms with E-state index in [-0.39, 0.29) is 12.3 Å². The maximum absolute atomic E-state index is 11.5. The van der Waals surface area contributed by atoms with E-state index in [9.17, 15) is 19.8 Å². The van der Waals surface area contributed by atoms with Gasteiger partial charge in [-0.2, -0.15) is 0 Å². The Labute approximate surface area is 122 Å². The zero-order valence-electron chi connectivity index (χ0n) is 13.2. The van der Waals surface area contributed by atoms with Crippen LogP contribution in [0.2, 0.25) is 0 Å². The molecule has 20 heavy (non-hydrogen) atoms. The molecule has 0 heterocycles. The molecule has 0 aromatic carbocycles. The minimum Gasteiger partial charge on any atom is -0.480 e. The molecule has 0 saturated heterocycles. The number of carboxylic acid groups (broad SMARTS) is 2. The van der Waals surface area contributed by atoms with Gasteiger partial charge in [-0.15, -0.1) is 0 Å². The molecule has 1 atom stereocenters. The summed E-state index contributed by atoms with van der Waals surface area (Å²) in [6.45, 7) is 5.71. The smallest absolute Gasteiger partial charge is 0.321 e. The standard InChI is InChI=1S/C16H30O4/c1-4-7-8-9-10-11-12-13(5-2)16(6-3,14(17)18)15(19)20/h13H,4-12H2,1-3H3,(H,17,18)(H,19,20). The van der Waals surface area contributed by atoms with Gasteiger partial charge in [-0.05, 0) is 18.8 Å². The molecule has 4 nitrogen and oxygen atoms in total. The molecule has 0 amide bonds. The Hall–Kier alpha value is -1.06. The maximum Gasteiger partial charge on any atom is 0.321 e. The van der Waals surface area contributed by atoms with Gasteiger partial charge in [0.05, 0.1) is 0 Å². The highest BCUT2D eigenvalue weighted by molar-refractivity contribution is 5.98. The zero-order chi connectivity index (χ0) is 15.6. The molecule has 0 rings (SSSR count). The molecule has 0 aliphatic rings. The van der Waals surface area contributed by atoms with Gasteiger partial charge in [-0.3, -0.25) is 9.59 Å². The molecule has 0 radical (unpaired) electrons. The fraction of sp³-hybridized carbons (Fsp3) is 0.875. The lowest BCUT2D eigenvalue weighted by Gasteiger charge is -2.32. The second-order valence-electron chi connectivity index (χ2n) is 5.60. The van der Waals surface area contributed by atoms with Crippen molar-refractivity contribution in [2.75, 3.05) is 0 Å². The summed E-state index contributed by atoms with van der Waals surface area (Å²) in [4.78, 5) is 23.0. The Bertz CT molecular complexity index is 285. The van der Waals surface area contributed by atoms with E-state index >= 15 is 0 Å². The summed E-state index contributed by atoms with van der Waals surface area (Å²) in [5.41, 5.74) is -1.61. The van der Waals surface area contributed by atoms with Crippen molar-refractivity contribution in [3.05, 3.63) is 0 Å². The SMILES string of the molecule is CCCCCCCCC(CC)C(CC)(C(=O)O)C(=O)O. The first-order chi connectivity index (χ1) is 9.47. The van der Waals surface area contributed by atoms with Gasteiger partial charge in [-0.25, -0.2) is 0 Å². The van der Waals surface area contributed by atoms with E-state index in [2.05, 4.69) is 6.92 Å². The first-order valence-corrected chi connectivity index (χ1v) is 7.94. The Morgan fingerprint density at radius 2 is 1.40 bits per heavy atom. The first-order valence-electron chi connectivity index (χ1n) is 7.94. The van der Waals surface area contributed by atoms with Crippen LogP contribution in [-0.2, 0) is 9.59 Å². The van der Waals surface area contributed by atoms with E-state index in [1.165, 1.54) is 19.3 Å². The zero-order valence-corrected chi connectivity index (χ0v) is 13.2. The van der Waals surface area contributed by atoms with Crippen LogP contribution in [0.5, 0.6) is 0 Å². The third-order valence-corrected chi connectivity index (χ3v) is 4.42. The van der Waals surface area contributed by atoms with Crippen LogP contribution in [0.25, 0.3) is 0 Å². The second-order valence-corrected chi connectivity index (χ2v) is 5.60. The third kappa shape index (κ3) is 4.80. The quantitative estimate of drug-likeness (QED) is 0.413. The van der Waals surface area contributed by atoms with Crippen molar-refractivity contribution in [1.29, 1.82) is 0 Å². The van der Waals surface area contributed by atoms with Crippen molar-refractivity contribution < 1.29 is 19.8 Å². The van der Waals surface area contributed by atoms with Gasteiger partial charge in [0.15, 0.2) is 5.41 Å². The monoisotopic (exact) mass is 286 g/mol. The summed E-state index contributed by atoms with van der Waals surface area (Å²) in [5.74, 6) is -2.66. The Kier molecular flexibility index (Phi) is 9.26. The fourth-order valence-corrected chi connectivity index (χ4v) is 3.00. The van der Waals surface area contributed by atoms with Gasteiger partial charge in [0.1, 0.15) is 0 Å². The summed E-state index contributed by atoms with van der Waals surface area (Å²) in [6, 6.07) is 0. The van der Waals surface area contributed by atoms with Crippen molar-refractivity contribution in [2.24, 2.45) is 11.3 Å². The van der Waals surface area contributed by atoms with E-state index in [0.717, 1.165) is 19.3 Å². The summed E-state index contributed by atoms with van der Waals surface area (Å²) >= 11 is 0. The van der Waals surface area contributed by atoms with Crippen LogP contribution in [0.1, 0.15) is 78.6 Å². The lowest BCUT2D eigenvalue weighted by molar-refractivity contribution is -0.170. The number of carbonyl (C=O) groups is 2. The fourth-order valence-electron chi connectivity index (χ4n) is 3.00. The average molecular weight is 286 g/mol. The highest BCUT2D eigenvalue weighted by Crippen LogP contribution is 2.38. The lowest BCUT2D eigenvalue weighted by Crippen LogP contribution is -2.45. The van der Waals surface area contributed by atoms with Crippen LogP contribution in [-0.4, -0.2) is 22.2 Å². The molecule has 0 aromatic heterocycles. The average Bonchev–Trinajstić information content (AvgIpc) is 2.40. The minimum atomic E-state index is -1.61. The van der Waals surface area contributed by atoms with Gasteiger partial charge in [0.2, 0.25) is 0 Å². The van der Waals surface area contributed by atoms with Crippen LogP contribution in [0.4, 0.5) is 0 Å². The van der Waals surface area contributed by atoms with Crippen molar-refractivity contribution >= 4 is 11.9 Å². The summed E-state index contributed by atoms with van der Waals surface area (Å²) in [5, 5.41) is 18.8. The first kappa shape index (κ1) is 18.9. The second kappa shape index (κ2) is 9.78. The van der Waals surface area contributed by atoms with Crippen LogP contribution < -0.4 is 0 Å². The molecule has 118 valence electrons. The van der Waals surface area contributed by atoms with Crippen LogP contribution in [0.15, 0.2) is 0 Å². The van der Waals surface area contributed by atoms with Gasteiger partial charge >= 0.3 is 11.9 Å². The Morgan fingerprint density at radius 1 is 0.900 bits per heavy atom. The minimum absolute atomic E-state index is 0.145. The normalized spacial score (nSPS) is 13.2. The van der Waals surface area contributed by atoms with Gasteiger partial charge < -0.3 is 10.2 Å². The highest BCUT2D eigenvalue weighted by atomic mass is 16.4. The predicted molar refractivity (Wildman–Crippen MR) is 79.8 cm³/mol. The molecule has 0 aliphatic heterocycles. The van der Waals surface area contributed by atoms with Gasteiger partial charge in [-0.1, -0.05) is 65.7 Å². The molecular formula is C16H30O4. The summed E-state index contributed by atoms with van der Waals surface area (Å²) in [7, 11) is 0. The third-order valence-electron chi connectivity index (χ3n) is 4.42. The van der Waals surface area contributed by atoms with E-state index in [1.54, 1.807) is 6.92 Å². The highest BCUT2D eigenvalue weighted by Gasteiger charge is 2.50. The molecule has 0 saturated carbocycles. The van der Waals surface area contributed by atoms with Crippen molar-refractivity contribution in [3.63, 3.8) is 0 Å². The number of hydrogen-bond acceptors (Lipinski definition) is 2. The Balaban J connectivity index is 4.54. The number of rotatable bonds is 12. The molecule has 0 aromatic rings. The molecule has 4 heteroatoms. The summed E-state index contributed by atoms with van der Waals surface area (Å²) < 4.78 is 0. The van der Waals surface area contributed by atoms with Crippen LogP contribution in [0, 0.1) is 11.3 Å². The summed E-state index contributed by atoms with van der Waals surface area (Å²) in [6.07, 6.45) is 8.23. The molecule has 0 bridgehead atoms. The van der Waals surface area contributed by atoms with Crippen LogP contribution in [0.3, 0.4) is 0 Å². The molecule has 0 fully saturated rings. The molecular weight excluding hydrogens is 256 g/mol. The van der Waals surface area contributed by atoms with Gasteiger partial charge in [0, 0.05) is 0 Å². The number of unbranched alkanes of at least 4 members (excludes halogenated alkanes) is 5. The molecule has 0 aliphatic carbocycles. The number of aliphatic carboxylic acids is 2. The van der Waals surface area contributed by atoms with E-state index < -0.39 is 17.4 Å². The number of carboxylic acids is 2.